The van der Waals surface area contributed by atoms with Gasteiger partial charge >= 0.3 is 0 Å². The molecule has 0 amide bonds. The minimum Gasteiger partial charge on any atom is -0.313 e. The van der Waals surface area contributed by atoms with Gasteiger partial charge in [-0.3, -0.25) is 4.90 Å². The highest BCUT2D eigenvalue weighted by atomic mass is 79.9. The van der Waals surface area contributed by atoms with Crippen molar-refractivity contribution in [2.45, 2.75) is 57.2 Å². The van der Waals surface area contributed by atoms with Gasteiger partial charge < -0.3 is 5.32 Å². The molecule has 1 heterocycles. The first-order chi connectivity index (χ1) is 10.1. The van der Waals surface area contributed by atoms with E-state index in [9.17, 15) is 4.39 Å². The van der Waals surface area contributed by atoms with Crippen LogP contribution in [0.3, 0.4) is 0 Å². The molecule has 21 heavy (non-hydrogen) atoms. The van der Waals surface area contributed by atoms with Crippen LogP contribution >= 0.6 is 15.9 Å². The summed E-state index contributed by atoms with van der Waals surface area (Å²) in [6.07, 6.45) is 6.54. The van der Waals surface area contributed by atoms with E-state index in [4.69, 9.17) is 0 Å². The Morgan fingerprint density at radius 2 is 2.14 bits per heavy atom. The van der Waals surface area contributed by atoms with Crippen molar-refractivity contribution in [2.75, 3.05) is 13.1 Å². The number of rotatable bonds is 5. The first-order valence-electron chi connectivity index (χ1n) is 8.09. The first kappa shape index (κ1) is 15.4. The number of benzene rings is 1. The molecule has 2 unspecified atom stereocenters. The monoisotopic (exact) mass is 354 g/mol. The second kappa shape index (κ2) is 6.76. The molecule has 0 radical (unpaired) electrons. The van der Waals surface area contributed by atoms with Crippen molar-refractivity contribution in [3.05, 3.63) is 34.1 Å². The van der Waals surface area contributed by atoms with E-state index in [0.29, 0.717) is 22.6 Å². The third-order valence-electron chi connectivity index (χ3n) is 4.78. The van der Waals surface area contributed by atoms with Crippen LogP contribution in [0.25, 0.3) is 0 Å². The van der Waals surface area contributed by atoms with Crippen LogP contribution in [-0.2, 0) is 0 Å². The third kappa shape index (κ3) is 3.85. The van der Waals surface area contributed by atoms with Gasteiger partial charge in [-0.25, -0.2) is 4.39 Å². The largest absolute Gasteiger partial charge is 0.313 e. The Hall–Kier alpha value is -0.450. The average Bonchev–Trinajstić information content (AvgIpc) is 3.33. The number of nitrogens with one attached hydrogen (secondary N) is 1. The summed E-state index contributed by atoms with van der Waals surface area (Å²) in [5.41, 5.74) is 1.20. The molecule has 0 spiro atoms. The molecular weight excluding hydrogens is 331 g/mol. The van der Waals surface area contributed by atoms with Crippen LogP contribution in [0, 0.1) is 5.82 Å². The molecule has 1 aromatic rings. The highest BCUT2D eigenvalue weighted by Gasteiger charge is 2.34. The molecule has 1 saturated heterocycles. The van der Waals surface area contributed by atoms with E-state index in [-0.39, 0.29) is 5.82 Å². The molecule has 1 aliphatic heterocycles. The van der Waals surface area contributed by atoms with Crippen molar-refractivity contribution < 1.29 is 4.39 Å². The summed E-state index contributed by atoms with van der Waals surface area (Å²) in [6.45, 7) is 4.52. The highest BCUT2D eigenvalue weighted by molar-refractivity contribution is 9.10. The summed E-state index contributed by atoms with van der Waals surface area (Å²) in [5, 5.41) is 3.65. The number of nitrogens with zero attached hydrogens (tertiary/aromatic N) is 1. The van der Waals surface area contributed by atoms with Gasteiger partial charge in [-0.15, -0.1) is 0 Å². The molecule has 1 aliphatic carbocycles. The molecule has 0 aromatic heterocycles. The van der Waals surface area contributed by atoms with Crippen molar-refractivity contribution >= 4 is 15.9 Å². The quantitative estimate of drug-likeness (QED) is 0.849. The zero-order valence-electron chi connectivity index (χ0n) is 12.6. The van der Waals surface area contributed by atoms with Gasteiger partial charge in [0.2, 0.25) is 0 Å². The summed E-state index contributed by atoms with van der Waals surface area (Å²) in [4.78, 5) is 2.61. The summed E-state index contributed by atoms with van der Waals surface area (Å²) < 4.78 is 14.0. The van der Waals surface area contributed by atoms with E-state index in [1.165, 1.54) is 37.7 Å². The maximum Gasteiger partial charge on any atom is 0.137 e. The van der Waals surface area contributed by atoms with Crippen LogP contribution in [0.15, 0.2) is 22.7 Å². The SMILES string of the molecule is CC(c1ccc(F)c(Br)c1)N(CC1CCCCN1)C1CC1. The average molecular weight is 355 g/mol. The molecule has 116 valence electrons. The molecule has 1 saturated carbocycles. The van der Waals surface area contributed by atoms with Crippen molar-refractivity contribution in [3.8, 4) is 0 Å². The summed E-state index contributed by atoms with van der Waals surface area (Å²) in [5.74, 6) is -0.183. The number of hydrogen-bond acceptors (Lipinski definition) is 2. The second-order valence-corrected chi connectivity index (χ2v) is 7.28. The van der Waals surface area contributed by atoms with Gasteiger partial charge in [-0.05, 0) is 72.8 Å². The molecule has 4 heteroatoms. The number of piperidine rings is 1. The van der Waals surface area contributed by atoms with Gasteiger partial charge in [-0.2, -0.15) is 0 Å². The topological polar surface area (TPSA) is 15.3 Å². The molecule has 3 rings (SSSR count). The van der Waals surface area contributed by atoms with Crippen LogP contribution < -0.4 is 5.32 Å². The van der Waals surface area contributed by atoms with Crippen LogP contribution in [0.5, 0.6) is 0 Å². The summed E-state index contributed by atoms with van der Waals surface area (Å²) in [7, 11) is 0. The standard InChI is InChI=1S/C17H24BrFN2/c1-12(13-5-8-17(19)16(18)10-13)21(15-6-7-15)11-14-4-2-3-9-20-14/h5,8,10,12,14-15,20H,2-4,6-7,9,11H2,1H3. The van der Waals surface area contributed by atoms with Gasteiger partial charge in [0, 0.05) is 24.7 Å². The highest BCUT2D eigenvalue weighted by Crippen LogP contribution is 2.35. The fourth-order valence-corrected chi connectivity index (χ4v) is 3.72. The zero-order valence-corrected chi connectivity index (χ0v) is 14.2. The van der Waals surface area contributed by atoms with Crippen molar-refractivity contribution in [1.29, 1.82) is 0 Å². The maximum atomic E-state index is 13.4. The lowest BCUT2D eigenvalue weighted by atomic mass is 10.0. The minimum absolute atomic E-state index is 0.183. The second-order valence-electron chi connectivity index (χ2n) is 6.42. The lowest BCUT2D eigenvalue weighted by Gasteiger charge is -2.35. The molecule has 2 atom stereocenters. The van der Waals surface area contributed by atoms with Crippen molar-refractivity contribution in [3.63, 3.8) is 0 Å². The summed E-state index contributed by atoms with van der Waals surface area (Å²) in [6, 6.07) is 7.11. The van der Waals surface area contributed by atoms with Crippen LogP contribution in [0.1, 0.15) is 50.6 Å². The lowest BCUT2D eigenvalue weighted by Crippen LogP contribution is -2.45. The Labute approximate surface area is 135 Å². The van der Waals surface area contributed by atoms with Crippen LogP contribution in [0.4, 0.5) is 4.39 Å². The third-order valence-corrected chi connectivity index (χ3v) is 5.39. The van der Waals surface area contributed by atoms with Gasteiger partial charge in [0.15, 0.2) is 0 Å². The molecular formula is C17H24BrFN2. The minimum atomic E-state index is -0.183. The Balaban J connectivity index is 1.71. The zero-order chi connectivity index (χ0) is 14.8. The summed E-state index contributed by atoms with van der Waals surface area (Å²) >= 11 is 3.31. The molecule has 2 aliphatic rings. The van der Waals surface area contributed by atoms with Crippen molar-refractivity contribution in [2.24, 2.45) is 0 Å². The Bertz CT molecular complexity index is 484. The Morgan fingerprint density at radius 1 is 1.33 bits per heavy atom. The van der Waals surface area contributed by atoms with Gasteiger partial charge in [-0.1, -0.05) is 12.5 Å². The molecule has 1 aromatic carbocycles. The van der Waals surface area contributed by atoms with E-state index in [0.717, 1.165) is 13.1 Å². The van der Waals surface area contributed by atoms with Crippen molar-refractivity contribution in [1.82, 2.24) is 10.2 Å². The normalized spacial score (nSPS) is 24.3. The van der Waals surface area contributed by atoms with Crippen LogP contribution in [-0.4, -0.2) is 30.1 Å². The van der Waals surface area contributed by atoms with Gasteiger partial charge in [0.05, 0.1) is 4.47 Å². The maximum absolute atomic E-state index is 13.4. The Kier molecular flexibility index (Phi) is 4.97. The fraction of sp³-hybridized carbons (Fsp3) is 0.647. The predicted molar refractivity (Wildman–Crippen MR) is 87.9 cm³/mol. The van der Waals surface area contributed by atoms with Crippen LogP contribution in [0.2, 0.25) is 0 Å². The van der Waals surface area contributed by atoms with E-state index in [2.05, 4.69) is 33.1 Å². The van der Waals surface area contributed by atoms with E-state index >= 15 is 0 Å². The first-order valence-corrected chi connectivity index (χ1v) is 8.88. The lowest BCUT2D eigenvalue weighted by molar-refractivity contribution is 0.166. The number of halogens is 2. The van der Waals surface area contributed by atoms with Gasteiger partial charge in [0.25, 0.3) is 0 Å². The van der Waals surface area contributed by atoms with E-state index < -0.39 is 0 Å². The van der Waals surface area contributed by atoms with Gasteiger partial charge in [0.1, 0.15) is 5.82 Å². The molecule has 2 fully saturated rings. The predicted octanol–water partition coefficient (Wildman–Crippen LogP) is 4.26. The number of hydrogen-bond donors (Lipinski definition) is 1. The molecule has 0 bridgehead atoms. The molecule has 2 nitrogen and oxygen atoms in total. The Morgan fingerprint density at radius 3 is 2.76 bits per heavy atom. The smallest absolute Gasteiger partial charge is 0.137 e. The molecule has 1 N–H and O–H groups in total. The van der Waals surface area contributed by atoms with E-state index in [1.807, 2.05) is 12.1 Å². The fourth-order valence-electron chi connectivity index (χ4n) is 3.33. The van der Waals surface area contributed by atoms with E-state index in [1.54, 1.807) is 6.07 Å².